The summed E-state index contributed by atoms with van der Waals surface area (Å²) >= 11 is 6.51. The Kier molecular flexibility index (Phi) is 6.53. The van der Waals surface area contributed by atoms with Crippen LogP contribution in [0.15, 0.2) is 33.9 Å². The lowest BCUT2D eigenvalue weighted by Gasteiger charge is -2.36. The van der Waals surface area contributed by atoms with Crippen LogP contribution >= 0.6 is 11.6 Å². The van der Waals surface area contributed by atoms with E-state index in [9.17, 15) is 14.4 Å². The van der Waals surface area contributed by atoms with Gasteiger partial charge >= 0.3 is 5.69 Å². The molecule has 33 heavy (non-hydrogen) atoms. The molecule has 0 saturated carbocycles. The number of hydrogen-bond donors (Lipinski definition) is 2. The average Bonchev–Trinajstić information content (AvgIpc) is 2.80. The molecule has 3 aromatic rings. The molecule has 1 aromatic carbocycles. The normalized spacial score (nSPS) is 14.6. The maximum atomic E-state index is 12.5. The highest BCUT2D eigenvalue weighted by Gasteiger charge is 2.21. The number of aromatic amines is 1. The lowest BCUT2D eigenvalue weighted by atomic mass is 10.1. The Labute approximate surface area is 196 Å². The standard InChI is InChI=1S/C23H27ClN6O3/c1-4-30-22(32)16-12-17(24)15(11-19(16)27-23(30)33)13-28-7-9-29(10-8-28)20-6-5-18(21(31)25-3)26-14(20)2/h5-6,11-12H,4,7-10,13H2,1-3H3,(H,25,31)(H,27,33). The number of H-pyrrole nitrogens is 1. The lowest BCUT2D eigenvalue weighted by Crippen LogP contribution is -2.46. The molecule has 0 radical (unpaired) electrons. The van der Waals surface area contributed by atoms with Crippen molar-refractivity contribution in [3.05, 3.63) is 67.1 Å². The number of amides is 1. The molecule has 0 atom stereocenters. The number of hydrogen-bond acceptors (Lipinski definition) is 6. The van der Waals surface area contributed by atoms with Gasteiger partial charge in [-0.2, -0.15) is 0 Å². The minimum Gasteiger partial charge on any atom is -0.368 e. The Morgan fingerprint density at radius 1 is 1.18 bits per heavy atom. The first-order valence-corrected chi connectivity index (χ1v) is 11.3. The topological polar surface area (TPSA) is 103 Å². The summed E-state index contributed by atoms with van der Waals surface area (Å²) in [5.41, 5.74) is 2.89. The van der Waals surface area contributed by atoms with Gasteiger partial charge in [0.2, 0.25) is 0 Å². The Hall–Kier alpha value is -3.17. The minimum atomic E-state index is -0.414. The number of carbonyl (C=O) groups is 1. The Balaban J connectivity index is 1.48. The molecule has 3 heterocycles. The summed E-state index contributed by atoms with van der Waals surface area (Å²) in [6.45, 7) is 7.85. The number of pyridine rings is 1. The van der Waals surface area contributed by atoms with Gasteiger partial charge in [0.15, 0.2) is 0 Å². The maximum Gasteiger partial charge on any atom is 0.328 e. The number of halogens is 1. The Morgan fingerprint density at radius 2 is 1.91 bits per heavy atom. The number of rotatable bonds is 5. The Bertz CT molecular complexity index is 1320. The Morgan fingerprint density at radius 3 is 2.55 bits per heavy atom. The molecule has 1 amide bonds. The van der Waals surface area contributed by atoms with Gasteiger partial charge in [0.25, 0.3) is 11.5 Å². The van der Waals surface area contributed by atoms with E-state index in [1.807, 2.05) is 13.0 Å². The highest BCUT2D eigenvalue weighted by Crippen LogP contribution is 2.24. The van der Waals surface area contributed by atoms with Crippen molar-refractivity contribution >= 4 is 34.1 Å². The fourth-order valence-corrected chi connectivity index (χ4v) is 4.48. The molecular formula is C23H27ClN6O3. The lowest BCUT2D eigenvalue weighted by molar-refractivity contribution is 0.0958. The summed E-state index contributed by atoms with van der Waals surface area (Å²) in [4.78, 5) is 48.3. The monoisotopic (exact) mass is 470 g/mol. The zero-order valence-electron chi connectivity index (χ0n) is 18.9. The summed E-state index contributed by atoms with van der Waals surface area (Å²) < 4.78 is 1.16. The fourth-order valence-electron chi connectivity index (χ4n) is 4.26. The first kappa shape index (κ1) is 23.0. The predicted molar refractivity (Wildman–Crippen MR) is 129 cm³/mol. The zero-order chi connectivity index (χ0) is 23.7. The molecule has 9 nitrogen and oxygen atoms in total. The van der Waals surface area contributed by atoms with E-state index in [2.05, 4.69) is 25.1 Å². The van der Waals surface area contributed by atoms with E-state index in [1.54, 1.807) is 32.2 Å². The average molecular weight is 471 g/mol. The second kappa shape index (κ2) is 9.36. The van der Waals surface area contributed by atoms with Crippen LogP contribution in [0, 0.1) is 6.92 Å². The van der Waals surface area contributed by atoms with Crippen LogP contribution in [-0.4, -0.2) is 58.6 Å². The number of benzene rings is 1. The molecule has 10 heteroatoms. The smallest absolute Gasteiger partial charge is 0.328 e. The van der Waals surface area contributed by atoms with Crippen molar-refractivity contribution in [3.8, 4) is 0 Å². The molecule has 0 spiro atoms. The van der Waals surface area contributed by atoms with Crippen LogP contribution in [0.25, 0.3) is 10.9 Å². The second-order valence-corrected chi connectivity index (χ2v) is 8.52. The zero-order valence-corrected chi connectivity index (χ0v) is 19.7. The van der Waals surface area contributed by atoms with Gasteiger partial charge in [-0.15, -0.1) is 0 Å². The third kappa shape index (κ3) is 4.51. The SMILES string of the molecule is CCn1c(=O)[nH]c2cc(CN3CCN(c4ccc(C(=O)NC)nc4C)CC3)c(Cl)cc2c1=O. The van der Waals surface area contributed by atoms with Crippen molar-refractivity contribution in [3.63, 3.8) is 0 Å². The molecule has 2 N–H and O–H groups in total. The largest absolute Gasteiger partial charge is 0.368 e. The summed E-state index contributed by atoms with van der Waals surface area (Å²) in [5, 5.41) is 3.52. The first-order valence-electron chi connectivity index (χ1n) is 10.9. The van der Waals surface area contributed by atoms with Gasteiger partial charge in [-0.05, 0) is 43.7 Å². The molecule has 1 saturated heterocycles. The molecule has 2 aromatic heterocycles. The van der Waals surface area contributed by atoms with Crippen molar-refractivity contribution in [2.45, 2.75) is 26.9 Å². The summed E-state index contributed by atoms with van der Waals surface area (Å²) in [6, 6.07) is 7.15. The van der Waals surface area contributed by atoms with E-state index in [0.717, 1.165) is 47.7 Å². The van der Waals surface area contributed by atoms with Crippen LogP contribution in [0.4, 0.5) is 5.69 Å². The van der Waals surface area contributed by atoms with E-state index in [0.29, 0.717) is 34.7 Å². The van der Waals surface area contributed by atoms with Gasteiger partial charge in [-0.1, -0.05) is 11.6 Å². The summed E-state index contributed by atoms with van der Waals surface area (Å²) in [5.74, 6) is -0.198. The number of nitrogens with one attached hydrogen (secondary N) is 2. The van der Waals surface area contributed by atoms with Crippen LogP contribution in [-0.2, 0) is 13.1 Å². The first-order chi connectivity index (χ1) is 15.8. The van der Waals surface area contributed by atoms with Crippen molar-refractivity contribution in [2.75, 3.05) is 38.1 Å². The molecule has 1 fully saturated rings. The molecule has 0 unspecified atom stereocenters. The second-order valence-electron chi connectivity index (χ2n) is 8.11. The van der Waals surface area contributed by atoms with E-state index >= 15 is 0 Å². The van der Waals surface area contributed by atoms with Crippen LogP contribution in [0.5, 0.6) is 0 Å². The van der Waals surface area contributed by atoms with E-state index in [4.69, 9.17) is 11.6 Å². The van der Waals surface area contributed by atoms with Gasteiger partial charge in [0.1, 0.15) is 5.69 Å². The number of carbonyl (C=O) groups excluding carboxylic acids is 1. The number of aryl methyl sites for hydroxylation is 1. The van der Waals surface area contributed by atoms with Crippen molar-refractivity contribution in [1.82, 2.24) is 24.8 Å². The third-order valence-corrected chi connectivity index (χ3v) is 6.44. The molecule has 0 bridgehead atoms. The van der Waals surface area contributed by atoms with Crippen LogP contribution < -0.4 is 21.5 Å². The van der Waals surface area contributed by atoms with E-state index < -0.39 is 5.69 Å². The van der Waals surface area contributed by atoms with Crippen molar-refractivity contribution < 1.29 is 4.79 Å². The highest BCUT2D eigenvalue weighted by molar-refractivity contribution is 6.32. The fraction of sp³-hybridized carbons (Fsp3) is 0.391. The number of anilines is 1. The number of fused-ring (bicyclic) bond motifs is 1. The van der Waals surface area contributed by atoms with Gasteiger partial charge in [-0.3, -0.25) is 19.1 Å². The predicted octanol–water partition coefficient (Wildman–Crippen LogP) is 1.75. The molecule has 0 aliphatic carbocycles. The van der Waals surface area contributed by atoms with Gasteiger partial charge in [-0.25, -0.2) is 9.78 Å². The number of aromatic nitrogens is 3. The molecule has 4 rings (SSSR count). The van der Waals surface area contributed by atoms with Crippen LogP contribution in [0.2, 0.25) is 5.02 Å². The van der Waals surface area contributed by atoms with Crippen molar-refractivity contribution in [2.24, 2.45) is 0 Å². The van der Waals surface area contributed by atoms with Gasteiger partial charge in [0.05, 0.1) is 22.3 Å². The number of nitrogens with zero attached hydrogens (tertiary/aromatic N) is 4. The van der Waals surface area contributed by atoms with E-state index in [-0.39, 0.29) is 11.5 Å². The highest BCUT2D eigenvalue weighted by atomic mass is 35.5. The van der Waals surface area contributed by atoms with Crippen LogP contribution in [0.3, 0.4) is 0 Å². The summed E-state index contributed by atoms with van der Waals surface area (Å²) in [6.07, 6.45) is 0. The third-order valence-electron chi connectivity index (χ3n) is 6.09. The number of piperazine rings is 1. The van der Waals surface area contributed by atoms with Gasteiger partial charge < -0.3 is 15.2 Å². The molecule has 1 aliphatic heterocycles. The van der Waals surface area contributed by atoms with Gasteiger partial charge in [0, 0.05) is 51.3 Å². The summed E-state index contributed by atoms with van der Waals surface area (Å²) in [7, 11) is 1.59. The van der Waals surface area contributed by atoms with Crippen molar-refractivity contribution in [1.29, 1.82) is 0 Å². The molecule has 1 aliphatic rings. The van der Waals surface area contributed by atoms with E-state index in [1.165, 1.54) is 0 Å². The molecule has 174 valence electrons. The molecular weight excluding hydrogens is 444 g/mol. The quantitative estimate of drug-likeness (QED) is 0.589. The maximum absolute atomic E-state index is 12.5. The minimum absolute atomic E-state index is 0.198. The van der Waals surface area contributed by atoms with Crippen LogP contribution in [0.1, 0.15) is 28.7 Å².